The SMILES string of the molecule is CC(=O)OC(C)[C@H](C#N)OCc1ccccc1. The number of hydrogen-bond donors (Lipinski definition) is 0. The largest absolute Gasteiger partial charge is 0.459 e. The van der Waals surface area contributed by atoms with Crippen molar-refractivity contribution in [2.24, 2.45) is 0 Å². The van der Waals surface area contributed by atoms with Crippen LogP contribution in [0.3, 0.4) is 0 Å². The molecule has 1 aromatic rings. The van der Waals surface area contributed by atoms with Crippen molar-refractivity contribution < 1.29 is 14.3 Å². The minimum atomic E-state index is -0.751. The Kier molecular flexibility index (Phi) is 5.18. The molecule has 0 aromatic heterocycles. The highest BCUT2D eigenvalue weighted by Gasteiger charge is 2.19. The van der Waals surface area contributed by atoms with Crippen molar-refractivity contribution >= 4 is 5.97 Å². The number of carbonyl (C=O) groups excluding carboxylic acids is 1. The summed E-state index contributed by atoms with van der Waals surface area (Å²) >= 11 is 0. The van der Waals surface area contributed by atoms with Gasteiger partial charge >= 0.3 is 5.97 Å². The van der Waals surface area contributed by atoms with Crippen LogP contribution in [-0.2, 0) is 20.9 Å². The second-order valence-electron chi connectivity index (χ2n) is 3.66. The van der Waals surface area contributed by atoms with Crippen LogP contribution in [0.15, 0.2) is 30.3 Å². The van der Waals surface area contributed by atoms with E-state index in [1.807, 2.05) is 36.4 Å². The molecule has 0 aliphatic carbocycles. The fraction of sp³-hybridized carbons (Fsp3) is 0.385. The Balaban J connectivity index is 2.48. The first kappa shape index (κ1) is 13.2. The minimum Gasteiger partial charge on any atom is -0.459 e. The highest BCUT2D eigenvalue weighted by Crippen LogP contribution is 2.08. The summed E-state index contributed by atoms with van der Waals surface area (Å²) in [5, 5.41) is 8.92. The van der Waals surface area contributed by atoms with Crippen molar-refractivity contribution in [3.05, 3.63) is 35.9 Å². The molecule has 0 radical (unpaired) electrons. The van der Waals surface area contributed by atoms with Gasteiger partial charge in [0.15, 0.2) is 6.10 Å². The van der Waals surface area contributed by atoms with Gasteiger partial charge in [0.1, 0.15) is 6.10 Å². The van der Waals surface area contributed by atoms with Crippen molar-refractivity contribution in [3.63, 3.8) is 0 Å². The summed E-state index contributed by atoms with van der Waals surface area (Å²) in [5.41, 5.74) is 0.975. The van der Waals surface area contributed by atoms with Crippen molar-refractivity contribution in [1.82, 2.24) is 0 Å². The van der Waals surface area contributed by atoms with E-state index in [-0.39, 0.29) is 0 Å². The standard InChI is InChI=1S/C13H15NO3/c1-10(17-11(2)15)13(8-14)16-9-12-6-4-3-5-7-12/h3-7,10,13H,9H2,1-2H3/t10?,13-/m0/s1. The Labute approximate surface area is 101 Å². The van der Waals surface area contributed by atoms with Crippen LogP contribution >= 0.6 is 0 Å². The van der Waals surface area contributed by atoms with Crippen LogP contribution in [0, 0.1) is 11.3 Å². The van der Waals surface area contributed by atoms with E-state index in [4.69, 9.17) is 14.7 Å². The molecule has 0 N–H and O–H groups in total. The molecule has 1 unspecified atom stereocenters. The van der Waals surface area contributed by atoms with E-state index >= 15 is 0 Å². The summed E-state index contributed by atoms with van der Waals surface area (Å²) in [6.07, 6.45) is -1.32. The first-order valence-corrected chi connectivity index (χ1v) is 5.36. The Bertz CT molecular complexity index is 397. The van der Waals surface area contributed by atoms with Crippen LogP contribution in [0.4, 0.5) is 0 Å². The molecule has 0 saturated carbocycles. The van der Waals surface area contributed by atoms with Gasteiger partial charge in [0, 0.05) is 6.92 Å². The number of nitrogens with zero attached hydrogens (tertiary/aromatic N) is 1. The zero-order chi connectivity index (χ0) is 12.7. The van der Waals surface area contributed by atoms with Gasteiger partial charge in [-0.05, 0) is 12.5 Å². The molecule has 0 bridgehead atoms. The van der Waals surface area contributed by atoms with Gasteiger partial charge in [-0.25, -0.2) is 0 Å². The molecule has 0 aliphatic heterocycles. The molecule has 0 aliphatic rings. The minimum absolute atomic E-state index is 0.324. The summed E-state index contributed by atoms with van der Waals surface area (Å²) in [4.78, 5) is 10.8. The maximum Gasteiger partial charge on any atom is 0.303 e. The van der Waals surface area contributed by atoms with Gasteiger partial charge in [-0.3, -0.25) is 4.79 Å². The number of nitriles is 1. The van der Waals surface area contributed by atoms with Crippen LogP contribution in [0.25, 0.3) is 0 Å². The van der Waals surface area contributed by atoms with Crippen LogP contribution in [-0.4, -0.2) is 18.2 Å². The number of benzene rings is 1. The molecule has 0 saturated heterocycles. The van der Waals surface area contributed by atoms with Gasteiger partial charge in [-0.2, -0.15) is 5.26 Å². The Hall–Kier alpha value is -1.86. The van der Waals surface area contributed by atoms with E-state index in [0.29, 0.717) is 6.61 Å². The van der Waals surface area contributed by atoms with Crippen molar-refractivity contribution in [2.45, 2.75) is 32.7 Å². The fourth-order valence-electron chi connectivity index (χ4n) is 1.36. The van der Waals surface area contributed by atoms with Gasteiger partial charge in [-0.15, -0.1) is 0 Å². The Morgan fingerprint density at radius 3 is 2.59 bits per heavy atom. The van der Waals surface area contributed by atoms with E-state index in [1.165, 1.54) is 6.92 Å². The molecule has 0 heterocycles. The molecule has 1 rings (SSSR count). The van der Waals surface area contributed by atoms with E-state index < -0.39 is 18.2 Å². The van der Waals surface area contributed by atoms with Crippen LogP contribution in [0.2, 0.25) is 0 Å². The molecule has 4 heteroatoms. The molecular formula is C13H15NO3. The van der Waals surface area contributed by atoms with Crippen molar-refractivity contribution in [3.8, 4) is 6.07 Å². The highest BCUT2D eigenvalue weighted by molar-refractivity contribution is 5.66. The molecule has 4 nitrogen and oxygen atoms in total. The summed E-state index contributed by atoms with van der Waals surface area (Å²) in [5.74, 6) is -0.416. The van der Waals surface area contributed by atoms with Crippen LogP contribution < -0.4 is 0 Å². The molecule has 0 amide bonds. The average molecular weight is 233 g/mol. The average Bonchev–Trinajstić information content (AvgIpc) is 2.30. The molecule has 1 aromatic carbocycles. The summed E-state index contributed by atoms with van der Waals surface area (Å²) < 4.78 is 10.3. The third kappa shape index (κ3) is 4.66. The lowest BCUT2D eigenvalue weighted by atomic mass is 10.2. The smallest absolute Gasteiger partial charge is 0.303 e. The van der Waals surface area contributed by atoms with Crippen molar-refractivity contribution in [2.75, 3.05) is 0 Å². The number of ether oxygens (including phenoxy) is 2. The Morgan fingerprint density at radius 2 is 2.06 bits per heavy atom. The van der Waals surface area contributed by atoms with Crippen LogP contribution in [0.1, 0.15) is 19.4 Å². The quantitative estimate of drug-likeness (QED) is 0.730. The van der Waals surface area contributed by atoms with Gasteiger partial charge in [0.05, 0.1) is 12.7 Å². The maximum absolute atomic E-state index is 10.8. The fourth-order valence-corrected chi connectivity index (χ4v) is 1.36. The zero-order valence-corrected chi connectivity index (χ0v) is 9.92. The predicted molar refractivity (Wildman–Crippen MR) is 61.9 cm³/mol. The first-order chi connectivity index (χ1) is 8.13. The number of hydrogen-bond acceptors (Lipinski definition) is 4. The number of rotatable bonds is 5. The molecule has 2 atom stereocenters. The van der Waals surface area contributed by atoms with Gasteiger partial charge in [0.25, 0.3) is 0 Å². The molecule has 0 spiro atoms. The summed E-state index contributed by atoms with van der Waals surface area (Å²) in [7, 11) is 0. The van der Waals surface area contributed by atoms with Gasteiger partial charge in [0.2, 0.25) is 0 Å². The van der Waals surface area contributed by atoms with E-state index in [0.717, 1.165) is 5.56 Å². The van der Waals surface area contributed by atoms with E-state index in [1.54, 1.807) is 6.92 Å². The van der Waals surface area contributed by atoms with Gasteiger partial charge in [-0.1, -0.05) is 30.3 Å². The second-order valence-corrected chi connectivity index (χ2v) is 3.66. The van der Waals surface area contributed by atoms with Gasteiger partial charge < -0.3 is 9.47 Å². The third-order valence-corrected chi connectivity index (χ3v) is 2.18. The van der Waals surface area contributed by atoms with E-state index in [9.17, 15) is 4.79 Å². The lowest BCUT2D eigenvalue weighted by molar-refractivity contribution is -0.151. The molecular weight excluding hydrogens is 218 g/mol. The lowest BCUT2D eigenvalue weighted by Gasteiger charge is -2.17. The topological polar surface area (TPSA) is 59.3 Å². The lowest BCUT2D eigenvalue weighted by Crippen LogP contribution is -2.29. The third-order valence-electron chi connectivity index (χ3n) is 2.18. The maximum atomic E-state index is 10.8. The first-order valence-electron chi connectivity index (χ1n) is 5.36. The number of esters is 1. The Morgan fingerprint density at radius 1 is 1.41 bits per heavy atom. The molecule has 90 valence electrons. The summed E-state index contributed by atoms with van der Waals surface area (Å²) in [6, 6.07) is 11.5. The van der Waals surface area contributed by atoms with Crippen LogP contribution in [0.5, 0.6) is 0 Å². The number of carbonyl (C=O) groups is 1. The highest BCUT2D eigenvalue weighted by atomic mass is 16.6. The second kappa shape index (κ2) is 6.66. The van der Waals surface area contributed by atoms with Crippen molar-refractivity contribution in [1.29, 1.82) is 5.26 Å². The predicted octanol–water partition coefficient (Wildman–Crippen LogP) is 2.05. The monoisotopic (exact) mass is 233 g/mol. The molecule has 0 fully saturated rings. The molecule has 17 heavy (non-hydrogen) atoms. The normalized spacial score (nSPS) is 13.5. The zero-order valence-electron chi connectivity index (χ0n) is 9.92. The summed E-state index contributed by atoms with van der Waals surface area (Å²) in [6.45, 7) is 3.27. The van der Waals surface area contributed by atoms with E-state index in [2.05, 4.69) is 0 Å².